The number of aliphatic hydroxyl groups excluding tert-OH is 1. The van der Waals surface area contributed by atoms with Gasteiger partial charge in [0, 0.05) is 42.0 Å². The fraction of sp³-hybridized carbons (Fsp3) is 0.333. The number of rotatable bonds is 9. The average Bonchev–Trinajstić information content (AvgIpc) is 3.02. The first-order valence-electron chi connectivity index (χ1n) is 14.6. The number of carbonyl (C=O) groups excluding carboxylic acids is 1. The molecule has 0 saturated carbocycles. The zero-order valence-corrected chi connectivity index (χ0v) is 24.3. The summed E-state index contributed by atoms with van der Waals surface area (Å²) >= 11 is 0. The first-order chi connectivity index (χ1) is 21.3. The first kappa shape index (κ1) is 29.7. The summed E-state index contributed by atoms with van der Waals surface area (Å²) in [6.45, 7) is 2.88. The van der Waals surface area contributed by atoms with Gasteiger partial charge in [-0.1, -0.05) is 12.1 Å². The van der Waals surface area contributed by atoms with E-state index in [1.54, 1.807) is 49.5 Å². The smallest absolute Gasteiger partial charge is 0.167 e. The first-order valence-corrected chi connectivity index (χ1v) is 14.6. The van der Waals surface area contributed by atoms with Crippen LogP contribution in [0.1, 0.15) is 24.8 Å². The van der Waals surface area contributed by atoms with Gasteiger partial charge in [0.2, 0.25) is 0 Å². The van der Waals surface area contributed by atoms with Crippen LogP contribution in [0.2, 0.25) is 0 Å². The number of halogens is 2. The lowest BCUT2D eigenvalue weighted by Gasteiger charge is -2.44. The molecule has 11 heteroatoms. The van der Waals surface area contributed by atoms with Crippen molar-refractivity contribution in [1.29, 1.82) is 0 Å². The Balaban J connectivity index is 1.20. The van der Waals surface area contributed by atoms with Crippen molar-refractivity contribution in [3.8, 4) is 23.0 Å². The Hall–Kier alpha value is -4.32. The monoisotopic (exact) mass is 604 g/mol. The molecule has 0 radical (unpaired) electrons. The second-order valence-electron chi connectivity index (χ2n) is 11.1. The third-order valence-electron chi connectivity index (χ3n) is 8.08. The zero-order chi connectivity index (χ0) is 30.8. The number of ketones is 1. The van der Waals surface area contributed by atoms with Gasteiger partial charge in [-0.2, -0.15) is 0 Å². The Bertz CT molecular complexity index is 1650. The second-order valence-corrected chi connectivity index (χ2v) is 11.1. The molecule has 44 heavy (non-hydrogen) atoms. The van der Waals surface area contributed by atoms with E-state index in [1.165, 1.54) is 31.4 Å². The van der Waals surface area contributed by atoms with Crippen LogP contribution in [0.5, 0.6) is 23.0 Å². The molecule has 4 aromatic rings. The molecule has 5 atom stereocenters. The van der Waals surface area contributed by atoms with Crippen molar-refractivity contribution >= 4 is 22.4 Å². The third-order valence-corrected chi connectivity index (χ3v) is 8.08. The summed E-state index contributed by atoms with van der Waals surface area (Å²) in [5.74, 6) is -0.458. The summed E-state index contributed by atoms with van der Waals surface area (Å²) in [4.78, 5) is 18.0. The number of hydrogen-bond acceptors (Lipinski definition) is 9. The molecular formula is C33H34F2N4O5. The maximum atomic E-state index is 15.4. The summed E-state index contributed by atoms with van der Waals surface area (Å²) in [6, 6.07) is 15.6. The number of ether oxygens (including phenoxy) is 3. The molecule has 0 aliphatic carbocycles. The van der Waals surface area contributed by atoms with E-state index in [9.17, 15) is 14.3 Å². The van der Waals surface area contributed by atoms with E-state index in [4.69, 9.17) is 14.2 Å². The van der Waals surface area contributed by atoms with Gasteiger partial charge in [-0.25, -0.2) is 8.78 Å². The largest absolute Gasteiger partial charge is 0.493 e. The minimum absolute atomic E-state index is 0.0118. The van der Waals surface area contributed by atoms with Crippen molar-refractivity contribution in [3.63, 3.8) is 0 Å². The lowest BCUT2D eigenvalue weighted by Crippen LogP contribution is -2.63. The number of aromatic nitrogens is 1. The van der Waals surface area contributed by atoms with Crippen LogP contribution >= 0.6 is 0 Å². The van der Waals surface area contributed by atoms with Gasteiger partial charge in [0.1, 0.15) is 24.0 Å². The van der Waals surface area contributed by atoms with Crippen LogP contribution < -0.4 is 30.2 Å². The predicted octanol–water partition coefficient (Wildman–Crippen LogP) is 4.75. The molecular weight excluding hydrogens is 570 g/mol. The van der Waals surface area contributed by atoms with Gasteiger partial charge in [0.15, 0.2) is 23.1 Å². The van der Waals surface area contributed by atoms with Gasteiger partial charge in [-0.15, -0.1) is 0 Å². The highest BCUT2D eigenvalue weighted by atomic mass is 19.1. The maximum absolute atomic E-state index is 15.4. The number of Topliss-reactive ketones (excluding diaryl/α,β-unsaturated/α-hetero) is 1. The predicted molar refractivity (Wildman–Crippen MR) is 161 cm³/mol. The lowest BCUT2D eigenvalue weighted by molar-refractivity contribution is -0.128. The van der Waals surface area contributed by atoms with Gasteiger partial charge in [0.25, 0.3) is 0 Å². The lowest BCUT2D eigenvalue weighted by atomic mass is 9.75. The van der Waals surface area contributed by atoms with E-state index in [0.717, 1.165) is 12.0 Å². The highest BCUT2D eigenvalue weighted by Gasteiger charge is 2.44. The molecule has 1 aromatic heterocycles. The van der Waals surface area contributed by atoms with Crippen molar-refractivity contribution in [1.82, 2.24) is 15.6 Å². The van der Waals surface area contributed by atoms with Crippen LogP contribution in [-0.4, -0.2) is 61.0 Å². The number of pyridine rings is 1. The number of benzene rings is 3. The number of piperidine rings is 2. The minimum atomic E-state index is -0.660. The standard InChI is InChI=1S/C33H34F2N4O5/c1-18(40)17-43-30-15-26-22(14-29(30)42-2)27(10-12-36-26)44-28-8-7-21(13-24(28)35)39-33-31-25(9-11-37-33)38-16-23(32(31)41)19-3-5-20(34)6-4-19/h3-8,10,12-15,18,23,25,31,33,37-40H,9,11,16-17H2,1-2H3. The topological polar surface area (TPSA) is 114 Å². The number of carbonyl (C=O) groups is 1. The zero-order valence-electron chi connectivity index (χ0n) is 24.3. The van der Waals surface area contributed by atoms with Crippen molar-refractivity contribution in [2.75, 3.05) is 32.1 Å². The summed E-state index contributed by atoms with van der Waals surface area (Å²) in [6.07, 6.45) is 1.25. The normalized spacial score (nSPS) is 22.2. The number of nitrogens with one attached hydrogen (secondary N) is 3. The maximum Gasteiger partial charge on any atom is 0.167 e. The fourth-order valence-corrected chi connectivity index (χ4v) is 5.92. The second kappa shape index (κ2) is 12.7. The molecule has 230 valence electrons. The van der Waals surface area contributed by atoms with Crippen molar-refractivity contribution in [2.24, 2.45) is 5.92 Å². The van der Waals surface area contributed by atoms with E-state index in [-0.39, 0.29) is 30.0 Å². The summed E-state index contributed by atoms with van der Waals surface area (Å²) in [5, 5.41) is 20.4. The molecule has 9 nitrogen and oxygen atoms in total. The van der Waals surface area contributed by atoms with Gasteiger partial charge < -0.3 is 30.0 Å². The molecule has 2 aliphatic rings. The van der Waals surface area contributed by atoms with Gasteiger partial charge >= 0.3 is 0 Å². The summed E-state index contributed by atoms with van der Waals surface area (Å²) in [5.41, 5.74) is 1.81. The molecule has 6 rings (SSSR count). The van der Waals surface area contributed by atoms with E-state index < -0.39 is 29.9 Å². The fourth-order valence-electron chi connectivity index (χ4n) is 5.92. The molecule has 2 fully saturated rings. The quantitative estimate of drug-likeness (QED) is 0.215. The Kier molecular flexibility index (Phi) is 8.60. The molecule has 3 aromatic carbocycles. The van der Waals surface area contributed by atoms with E-state index >= 15 is 4.39 Å². The molecule has 4 N–H and O–H groups in total. The van der Waals surface area contributed by atoms with Gasteiger partial charge in [-0.05, 0) is 61.9 Å². The van der Waals surface area contributed by atoms with Crippen LogP contribution in [0.15, 0.2) is 66.9 Å². The SMILES string of the molecule is COc1cc2c(Oc3ccc(NC4NCCC5NCC(c6ccc(F)cc6)C(=O)C54)cc3F)ccnc2cc1OCC(C)O. The number of anilines is 1. The number of methoxy groups -OCH3 is 1. The number of nitrogens with zero attached hydrogens (tertiary/aromatic N) is 1. The summed E-state index contributed by atoms with van der Waals surface area (Å²) in [7, 11) is 1.50. The van der Waals surface area contributed by atoms with Crippen molar-refractivity contribution < 1.29 is 32.9 Å². The average molecular weight is 605 g/mol. The molecule has 3 heterocycles. The molecule has 2 saturated heterocycles. The molecule has 2 aliphatic heterocycles. The highest BCUT2D eigenvalue weighted by Crippen LogP contribution is 2.38. The van der Waals surface area contributed by atoms with Crippen LogP contribution in [-0.2, 0) is 4.79 Å². The molecule has 0 bridgehead atoms. The van der Waals surface area contributed by atoms with Gasteiger partial charge in [0.05, 0.1) is 36.7 Å². The van der Waals surface area contributed by atoms with E-state index in [0.29, 0.717) is 46.9 Å². The minimum Gasteiger partial charge on any atom is -0.493 e. The van der Waals surface area contributed by atoms with Crippen LogP contribution in [0, 0.1) is 17.6 Å². The van der Waals surface area contributed by atoms with Crippen molar-refractivity contribution in [2.45, 2.75) is 37.6 Å². The molecule has 0 spiro atoms. The van der Waals surface area contributed by atoms with Gasteiger partial charge in [-0.3, -0.25) is 15.1 Å². The van der Waals surface area contributed by atoms with Crippen molar-refractivity contribution in [3.05, 3.63) is 84.1 Å². The van der Waals surface area contributed by atoms with Crippen LogP contribution in [0.4, 0.5) is 14.5 Å². The Labute approximate surface area is 253 Å². The number of aliphatic hydroxyl groups is 1. The number of hydrogen-bond donors (Lipinski definition) is 4. The molecule has 5 unspecified atom stereocenters. The highest BCUT2D eigenvalue weighted by molar-refractivity contribution is 5.91. The van der Waals surface area contributed by atoms with E-state index in [1.807, 2.05) is 0 Å². The Morgan fingerprint density at radius 3 is 2.59 bits per heavy atom. The Morgan fingerprint density at radius 1 is 1.02 bits per heavy atom. The third kappa shape index (κ3) is 6.17. The Morgan fingerprint density at radius 2 is 1.84 bits per heavy atom. The summed E-state index contributed by atoms with van der Waals surface area (Å²) < 4.78 is 46.0. The number of fused-ring (bicyclic) bond motifs is 2. The van der Waals surface area contributed by atoms with E-state index in [2.05, 4.69) is 20.9 Å². The molecule has 0 amide bonds. The van der Waals surface area contributed by atoms with Crippen LogP contribution in [0.25, 0.3) is 10.9 Å². The van der Waals surface area contributed by atoms with Crippen LogP contribution in [0.3, 0.4) is 0 Å².